The predicted octanol–water partition coefficient (Wildman–Crippen LogP) is 6.81. The first-order chi connectivity index (χ1) is 16.1. The number of methoxy groups -OCH3 is 1. The van der Waals surface area contributed by atoms with E-state index >= 15 is 0 Å². The van der Waals surface area contributed by atoms with Crippen molar-refractivity contribution in [1.29, 1.82) is 0 Å². The molecule has 0 aliphatic carbocycles. The number of hydrogen-bond donors (Lipinski definition) is 0. The molecule has 168 valence electrons. The predicted molar refractivity (Wildman–Crippen MR) is 131 cm³/mol. The summed E-state index contributed by atoms with van der Waals surface area (Å²) >= 11 is 12.9. The van der Waals surface area contributed by atoms with Gasteiger partial charge in [0.05, 0.1) is 23.9 Å². The molecular formula is C26H22Cl2N2O3. The van der Waals surface area contributed by atoms with E-state index < -0.39 is 6.23 Å². The minimum absolute atomic E-state index is 0.0521. The lowest BCUT2D eigenvalue weighted by atomic mass is 9.96. The highest BCUT2D eigenvalue weighted by atomic mass is 35.5. The monoisotopic (exact) mass is 480 g/mol. The molecule has 0 spiro atoms. The van der Waals surface area contributed by atoms with Gasteiger partial charge in [0.2, 0.25) is 6.23 Å². The van der Waals surface area contributed by atoms with E-state index in [1.807, 2.05) is 59.6 Å². The fourth-order valence-electron chi connectivity index (χ4n) is 4.18. The van der Waals surface area contributed by atoms with Crippen LogP contribution in [0.3, 0.4) is 0 Å². The number of rotatable bonds is 6. The van der Waals surface area contributed by atoms with E-state index in [0.29, 0.717) is 28.8 Å². The summed E-state index contributed by atoms with van der Waals surface area (Å²) < 4.78 is 17.3. The first-order valence-corrected chi connectivity index (χ1v) is 11.3. The Hall–Kier alpha value is -3.15. The summed E-state index contributed by atoms with van der Waals surface area (Å²) in [6.07, 6.45) is 1.98. The maximum absolute atomic E-state index is 6.55. The second-order valence-corrected chi connectivity index (χ2v) is 8.66. The minimum atomic E-state index is -0.439. The highest BCUT2D eigenvalue weighted by Crippen LogP contribution is 2.50. The van der Waals surface area contributed by atoms with Gasteiger partial charge in [-0.05, 0) is 66.2 Å². The standard InChI is InChI=1S/C26H22Cl2N2O3/c1-3-12-32-20-10-6-17(7-11-20)26-30-24(21-13-18(27)14-22(28)25(21)33-26)15-23(29-30)16-4-8-19(31-2)9-5-16/h3-11,13-14,24,26H,1,12,15H2,2H3/t24-,26+/m0/s1. The van der Waals surface area contributed by atoms with Crippen molar-refractivity contribution in [1.82, 2.24) is 5.01 Å². The van der Waals surface area contributed by atoms with Crippen molar-refractivity contribution in [2.75, 3.05) is 13.7 Å². The quantitative estimate of drug-likeness (QED) is 0.363. The van der Waals surface area contributed by atoms with E-state index in [1.165, 1.54) is 0 Å². The third kappa shape index (κ3) is 4.14. The first-order valence-electron chi connectivity index (χ1n) is 10.6. The molecule has 3 aromatic rings. The van der Waals surface area contributed by atoms with Gasteiger partial charge >= 0.3 is 0 Å². The fraction of sp³-hybridized carbons (Fsp3) is 0.192. The Labute approximate surface area is 202 Å². The maximum atomic E-state index is 6.55. The second-order valence-electron chi connectivity index (χ2n) is 7.82. The number of hydrazone groups is 1. The number of ether oxygens (including phenoxy) is 3. The van der Waals surface area contributed by atoms with E-state index in [2.05, 4.69) is 6.58 Å². The smallest absolute Gasteiger partial charge is 0.213 e. The summed E-state index contributed by atoms with van der Waals surface area (Å²) in [7, 11) is 1.66. The minimum Gasteiger partial charge on any atom is -0.497 e. The van der Waals surface area contributed by atoms with Crippen molar-refractivity contribution in [2.45, 2.75) is 18.7 Å². The van der Waals surface area contributed by atoms with Gasteiger partial charge in [0.1, 0.15) is 23.9 Å². The second kappa shape index (κ2) is 9.00. The van der Waals surface area contributed by atoms with Gasteiger partial charge in [-0.15, -0.1) is 0 Å². The molecule has 7 heteroatoms. The molecule has 33 heavy (non-hydrogen) atoms. The number of hydrogen-bond acceptors (Lipinski definition) is 5. The molecule has 5 nitrogen and oxygen atoms in total. The van der Waals surface area contributed by atoms with E-state index in [1.54, 1.807) is 19.3 Å². The van der Waals surface area contributed by atoms with Crippen molar-refractivity contribution in [3.8, 4) is 17.2 Å². The molecule has 0 saturated carbocycles. The highest BCUT2D eigenvalue weighted by Gasteiger charge is 2.42. The molecule has 5 rings (SSSR count). The van der Waals surface area contributed by atoms with Crippen LogP contribution < -0.4 is 14.2 Å². The molecule has 0 fully saturated rings. The van der Waals surface area contributed by atoms with Gasteiger partial charge in [0.15, 0.2) is 0 Å². The Morgan fingerprint density at radius 2 is 1.82 bits per heavy atom. The summed E-state index contributed by atoms with van der Waals surface area (Å²) in [5, 5.41) is 8.03. The van der Waals surface area contributed by atoms with E-state index in [-0.39, 0.29) is 6.04 Å². The zero-order valence-electron chi connectivity index (χ0n) is 18.0. The van der Waals surface area contributed by atoms with Gasteiger partial charge in [-0.3, -0.25) is 0 Å². The van der Waals surface area contributed by atoms with Crippen molar-refractivity contribution in [3.05, 3.63) is 100 Å². The maximum Gasteiger partial charge on any atom is 0.213 e. The van der Waals surface area contributed by atoms with Crippen LogP contribution in [0.5, 0.6) is 17.2 Å². The van der Waals surface area contributed by atoms with Gasteiger partial charge in [-0.1, -0.05) is 35.9 Å². The van der Waals surface area contributed by atoms with Crippen LogP contribution in [0.25, 0.3) is 0 Å². The third-order valence-electron chi connectivity index (χ3n) is 5.76. The molecule has 0 aromatic heterocycles. The first kappa shape index (κ1) is 21.7. The van der Waals surface area contributed by atoms with Crippen LogP contribution in [-0.2, 0) is 0 Å². The molecule has 0 radical (unpaired) electrons. The lowest BCUT2D eigenvalue weighted by molar-refractivity contribution is -0.0189. The van der Waals surface area contributed by atoms with Crippen LogP contribution in [-0.4, -0.2) is 24.4 Å². The van der Waals surface area contributed by atoms with E-state index in [4.69, 9.17) is 42.5 Å². The van der Waals surface area contributed by atoms with Gasteiger partial charge in [0, 0.05) is 22.6 Å². The SMILES string of the molecule is C=CCOc1ccc([C@H]2Oc3c(Cl)cc(Cl)cc3[C@@H]3CC(c4ccc(OC)cc4)=NN23)cc1. The van der Waals surface area contributed by atoms with Gasteiger partial charge in [-0.25, -0.2) is 5.01 Å². The average Bonchev–Trinajstić information content (AvgIpc) is 3.29. The number of fused-ring (bicyclic) bond motifs is 3. The van der Waals surface area contributed by atoms with Crippen molar-refractivity contribution in [3.63, 3.8) is 0 Å². The van der Waals surface area contributed by atoms with Gasteiger partial charge in [-0.2, -0.15) is 5.10 Å². The molecule has 2 aliphatic heterocycles. The zero-order chi connectivity index (χ0) is 22.9. The normalized spacial score (nSPS) is 18.6. The third-order valence-corrected chi connectivity index (χ3v) is 6.26. The lowest BCUT2D eigenvalue weighted by Gasteiger charge is -2.38. The fourth-order valence-corrected chi connectivity index (χ4v) is 4.73. The Morgan fingerprint density at radius 3 is 2.52 bits per heavy atom. The largest absolute Gasteiger partial charge is 0.497 e. The Kier molecular flexibility index (Phi) is 5.92. The molecule has 0 amide bonds. The number of benzene rings is 3. The highest BCUT2D eigenvalue weighted by molar-refractivity contribution is 6.35. The zero-order valence-corrected chi connectivity index (χ0v) is 19.5. The molecule has 0 bridgehead atoms. The van der Waals surface area contributed by atoms with E-state index in [0.717, 1.165) is 33.9 Å². The molecule has 0 saturated heterocycles. The summed E-state index contributed by atoms with van der Waals surface area (Å²) in [6, 6.07) is 19.3. The van der Waals surface area contributed by atoms with E-state index in [9.17, 15) is 0 Å². The molecule has 2 heterocycles. The van der Waals surface area contributed by atoms with Crippen LogP contribution in [0.1, 0.15) is 35.4 Å². The molecule has 2 atom stereocenters. The number of nitrogens with zero attached hydrogens (tertiary/aromatic N) is 2. The van der Waals surface area contributed by atoms with Gasteiger partial charge in [0.25, 0.3) is 0 Å². The number of halogens is 2. The Bertz CT molecular complexity index is 1210. The van der Waals surface area contributed by atoms with Crippen molar-refractivity contribution < 1.29 is 14.2 Å². The van der Waals surface area contributed by atoms with Crippen molar-refractivity contribution in [2.24, 2.45) is 5.10 Å². The van der Waals surface area contributed by atoms with Crippen molar-refractivity contribution >= 4 is 28.9 Å². The van der Waals surface area contributed by atoms with Crippen LogP contribution in [0.15, 0.2) is 78.4 Å². The molecule has 3 aromatic carbocycles. The van der Waals surface area contributed by atoms with Gasteiger partial charge < -0.3 is 14.2 Å². The molecule has 0 N–H and O–H groups in total. The van der Waals surface area contributed by atoms with Crippen LogP contribution >= 0.6 is 23.2 Å². The summed E-state index contributed by atoms with van der Waals surface area (Å²) in [4.78, 5) is 0. The lowest BCUT2D eigenvalue weighted by Crippen LogP contribution is -2.33. The molecular weight excluding hydrogens is 459 g/mol. The molecule has 0 unspecified atom stereocenters. The summed E-state index contributed by atoms with van der Waals surface area (Å²) in [5.74, 6) is 2.21. The average molecular weight is 481 g/mol. The van der Waals surface area contributed by atoms with Crippen LogP contribution in [0.2, 0.25) is 10.0 Å². The van der Waals surface area contributed by atoms with Crippen LogP contribution in [0.4, 0.5) is 0 Å². The molecule has 2 aliphatic rings. The Morgan fingerprint density at radius 1 is 1.09 bits per heavy atom. The Balaban J connectivity index is 1.54. The summed E-state index contributed by atoms with van der Waals surface area (Å²) in [6.45, 7) is 4.14. The summed E-state index contributed by atoms with van der Waals surface area (Å²) in [5.41, 5.74) is 3.88. The topological polar surface area (TPSA) is 43.3 Å². The van der Waals surface area contributed by atoms with Crippen LogP contribution in [0, 0.1) is 0 Å².